The first kappa shape index (κ1) is 27.5. The number of nitrogens with one attached hydrogen (secondary N) is 2. The minimum absolute atomic E-state index is 0. The van der Waals surface area contributed by atoms with Gasteiger partial charge in [0.05, 0.1) is 24.2 Å². The molecule has 200 valence electrons. The molecule has 3 aromatic heterocycles. The Morgan fingerprint density at radius 2 is 1.84 bits per heavy atom. The normalized spacial score (nSPS) is 13.9. The molecule has 5 rings (SSSR count). The van der Waals surface area contributed by atoms with E-state index in [1.54, 1.807) is 10.8 Å². The molecule has 2 N–H and O–H groups in total. The summed E-state index contributed by atoms with van der Waals surface area (Å²) in [5.41, 5.74) is 2.92. The van der Waals surface area contributed by atoms with E-state index in [1.807, 2.05) is 49.4 Å². The van der Waals surface area contributed by atoms with Crippen molar-refractivity contribution < 1.29 is 9.53 Å². The highest BCUT2D eigenvalue weighted by Gasteiger charge is 2.18. The third kappa shape index (κ3) is 5.80. The number of amides is 1. The van der Waals surface area contributed by atoms with Crippen LogP contribution in [0.1, 0.15) is 27.9 Å². The summed E-state index contributed by atoms with van der Waals surface area (Å²) in [6.07, 6.45) is 3.13. The van der Waals surface area contributed by atoms with Crippen LogP contribution < -0.4 is 16.4 Å². The van der Waals surface area contributed by atoms with E-state index < -0.39 is 0 Å². The average molecular weight is 537 g/mol. The van der Waals surface area contributed by atoms with Gasteiger partial charge in [-0.3, -0.25) is 24.3 Å². The van der Waals surface area contributed by atoms with Crippen molar-refractivity contribution in [2.45, 2.75) is 26.3 Å². The number of morpholine rings is 1. The molecule has 4 heterocycles. The van der Waals surface area contributed by atoms with Gasteiger partial charge in [0, 0.05) is 32.4 Å². The summed E-state index contributed by atoms with van der Waals surface area (Å²) in [7, 11) is 0. The van der Waals surface area contributed by atoms with Crippen LogP contribution >= 0.6 is 12.4 Å². The number of benzene rings is 1. The highest BCUT2D eigenvalue weighted by Crippen LogP contribution is 2.14. The van der Waals surface area contributed by atoms with Gasteiger partial charge < -0.3 is 14.6 Å². The summed E-state index contributed by atoms with van der Waals surface area (Å²) in [5.74, 6) is -0.351. The van der Waals surface area contributed by atoms with Crippen LogP contribution in [0, 0.1) is 12.3 Å². The lowest BCUT2D eigenvalue weighted by molar-refractivity contribution is 0.0374. The first-order chi connectivity index (χ1) is 18.0. The third-order valence-corrected chi connectivity index (χ3v) is 6.89. The molecule has 0 radical (unpaired) electrons. The van der Waals surface area contributed by atoms with Gasteiger partial charge in [-0.25, -0.2) is 4.98 Å². The molecule has 1 fully saturated rings. The standard InChI is InChI=1S/C28H32N6O3.ClH/c1-20-7-5-13-34-25(20)31-26-23(28(34)36)19-22(24(29)33(26)14-10-21-8-3-2-4-9-21)27(35)30-11-6-12-32-15-17-37-18-16-32;/h2-5,7-9,13,19,29H,6,10-12,14-18H2,1H3,(H,30,35);1H. The fourth-order valence-corrected chi connectivity index (χ4v) is 4.80. The highest BCUT2D eigenvalue weighted by atomic mass is 35.5. The molecule has 1 aliphatic rings. The molecule has 0 atom stereocenters. The van der Waals surface area contributed by atoms with E-state index in [-0.39, 0.29) is 34.9 Å². The Morgan fingerprint density at radius 3 is 2.61 bits per heavy atom. The molecule has 9 nitrogen and oxygen atoms in total. The van der Waals surface area contributed by atoms with Crippen LogP contribution in [0.25, 0.3) is 16.7 Å². The number of ether oxygens (including phenoxy) is 1. The molecule has 1 aromatic carbocycles. The van der Waals surface area contributed by atoms with Crippen LogP contribution in [0.15, 0.2) is 59.5 Å². The van der Waals surface area contributed by atoms with Gasteiger partial charge >= 0.3 is 0 Å². The Kier molecular flexibility index (Phi) is 8.93. The number of pyridine rings is 2. The fraction of sp³-hybridized carbons (Fsp3) is 0.357. The summed E-state index contributed by atoms with van der Waals surface area (Å²) in [6.45, 7) is 6.99. The van der Waals surface area contributed by atoms with E-state index >= 15 is 0 Å². The zero-order chi connectivity index (χ0) is 25.8. The largest absolute Gasteiger partial charge is 0.379 e. The SMILES string of the molecule is Cc1cccn2c(=O)c3cc(C(=O)NCCCN4CCOCC4)c(=N)n(CCc4ccccc4)c3nc12.Cl. The monoisotopic (exact) mass is 536 g/mol. The van der Waals surface area contributed by atoms with E-state index in [9.17, 15) is 9.59 Å². The molecule has 1 aliphatic heterocycles. The van der Waals surface area contributed by atoms with E-state index in [1.165, 1.54) is 10.5 Å². The number of aryl methyl sites for hydroxylation is 3. The summed E-state index contributed by atoms with van der Waals surface area (Å²) >= 11 is 0. The molecule has 10 heteroatoms. The first-order valence-electron chi connectivity index (χ1n) is 12.8. The van der Waals surface area contributed by atoms with Crippen LogP contribution in [0.4, 0.5) is 0 Å². The number of carbonyl (C=O) groups excluding carboxylic acids is 1. The van der Waals surface area contributed by atoms with E-state index in [0.717, 1.165) is 50.4 Å². The van der Waals surface area contributed by atoms with Crippen LogP contribution in [-0.2, 0) is 17.7 Å². The molecule has 1 saturated heterocycles. The van der Waals surface area contributed by atoms with E-state index in [2.05, 4.69) is 10.2 Å². The van der Waals surface area contributed by atoms with Crippen LogP contribution in [0.3, 0.4) is 0 Å². The van der Waals surface area contributed by atoms with Crippen molar-refractivity contribution in [2.75, 3.05) is 39.4 Å². The minimum atomic E-state index is -0.351. The Balaban J connectivity index is 0.00000336. The number of hydrogen-bond donors (Lipinski definition) is 2. The highest BCUT2D eigenvalue weighted by molar-refractivity contribution is 5.96. The molecule has 38 heavy (non-hydrogen) atoms. The molecular formula is C28H33ClN6O3. The van der Waals surface area contributed by atoms with Gasteiger partial charge in [-0.15, -0.1) is 12.4 Å². The van der Waals surface area contributed by atoms with Crippen molar-refractivity contribution in [3.05, 3.63) is 87.3 Å². The third-order valence-electron chi connectivity index (χ3n) is 6.89. The van der Waals surface area contributed by atoms with Crippen LogP contribution in [0.2, 0.25) is 0 Å². The molecule has 4 aromatic rings. The molecule has 0 unspecified atom stereocenters. The van der Waals surface area contributed by atoms with Crippen molar-refractivity contribution in [3.63, 3.8) is 0 Å². The lowest BCUT2D eigenvalue weighted by atomic mass is 10.1. The maximum Gasteiger partial charge on any atom is 0.267 e. The second-order valence-corrected chi connectivity index (χ2v) is 9.40. The van der Waals surface area contributed by atoms with Gasteiger partial charge in [0.15, 0.2) is 0 Å². The van der Waals surface area contributed by atoms with Crippen molar-refractivity contribution >= 4 is 35.0 Å². The van der Waals surface area contributed by atoms with Crippen molar-refractivity contribution in [1.82, 2.24) is 24.2 Å². The number of carbonyl (C=O) groups is 1. The molecular weight excluding hydrogens is 504 g/mol. The Bertz CT molecular complexity index is 1540. The molecule has 0 saturated carbocycles. The fourth-order valence-electron chi connectivity index (χ4n) is 4.80. The number of hydrogen-bond acceptors (Lipinski definition) is 6. The Morgan fingerprint density at radius 1 is 1.08 bits per heavy atom. The number of nitrogens with zero attached hydrogens (tertiary/aromatic N) is 4. The maximum absolute atomic E-state index is 13.5. The van der Waals surface area contributed by atoms with Gasteiger partial charge in [0.1, 0.15) is 16.8 Å². The van der Waals surface area contributed by atoms with Crippen molar-refractivity contribution in [1.29, 1.82) is 5.41 Å². The molecule has 1 amide bonds. The smallest absolute Gasteiger partial charge is 0.267 e. The van der Waals surface area contributed by atoms with Crippen LogP contribution in [-0.4, -0.2) is 64.2 Å². The predicted molar refractivity (Wildman–Crippen MR) is 149 cm³/mol. The Hall–Kier alpha value is -3.53. The van der Waals surface area contributed by atoms with Crippen LogP contribution in [0.5, 0.6) is 0 Å². The number of aromatic nitrogens is 3. The Labute approximate surface area is 227 Å². The average Bonchev–Trinajstić information content (AvgIpc) is 2.92. The van der Waals surface area contributed by atoms with Gasteiger partial charge in [-0.05, 0) is 49.6 Å². The number of fused-ring (bicyclic) bond motifs is 2. The lowest BCUT2D eigenvalue weighted by Crippen LogP contribution is -2.39. The van der Waals surface area contributed by atoms with Gasteiger partial charge in [-0.2, -0.15) is 0 Å². The summed E-state index contributed by atoms with van der Waals surface area (Å²) < 4.78 is 8.59. The predicted octanol–water partition coefficient (Wildman–Crippen LogP) is 2.55. The number of rotatable bonds is 8. The molecule has 0 aliphatic carbocycles. The van der Waals surface area contributed by atoms with E-state index in [0.29, 0.717) is 36.2 Å². The van der Waals surface area contributed by atoms with Gasteiger partial charge in [-0.1, -0.05) is 36.4 Å². The first-order valence-corrected chi connectivity index (χ1v) is 12.8. The van der Waals surface area contributed by atoms with Gasteiger partial charge in [0.25, 0.3) is 11.5 Å². The van der Waals surface area contributed by atoms with Crippen molar-refractivity contribution in [2.24, 2.45) is 0 Å². The molecule has 0 bridgehead atoms. The molecule has 0 spiro atoms. The van der Waals surface area contributed by atoms with Crippen molar-refractivity contribution in [3.8, 4) is 0 Å². The quantitative estimate of drug-likeness (QED) is 0.266. The second-order valence-electron chi connectivity index (χ2n) is 9.40. The summed E-state index contributed by atoms with van der Waals surface area (Å²) in [6, 6.07) is 15.2. The second kappa shape index (κ2) is 12.3. The zero-order valence-corrected chi connectivity index (χ0v) is 22.3. The summed E-state index contributed by atoms with van der Waals surface area (Å²) in [5, 5.41) is 12.2. The topological polar surface area (TPSA) is 105 Å². The zero-order valence-electron chi connectivity index (χ0n) is 21.5. The number of halogens is 1. The van der Waals surface area contributed by atoms with Gasteiger partial charge in [0.2, 0.25) is 0 Å². The summed E-state index contributed by atoms with van der Waals surface area (Å²) in [4.78, 5) is 33.8. The minimum Gasteiger partial charge on any atom is -0.379 e. The lowest BCUT2D eigenvalue weighted by Gasteiger charge is -2.26. The van der Waals surface area contributed by atoms with E-state index in [4.69, 9.17) is 15.1 Å². The maximum atomic E-state index is 13.5.